The van der Waals surface area contributed by atoms with Crippen LogP contribution >= 0.6 is 0 Å². The second-order valence-electron chi connectivity index (χ2n) is 3.29. The lowest BCUT2D eigenvalue weighted by Gasteiger charge is -2.10. The van der Waals surface area contributed by atoms with E-state index < -0.39 is 23.4 Å². The highest BCUT2D eigenvalue weighted by Gasteiger charge is 2.26. The summed E-state index contributed by atoms with van der Waals surface area (Å²) in [7, 11) is 0. The van der Waals surface area contributed by atoms with Gasteiger partial charge >= 0.3 is 5.97 Å². The normalized spacial score (nSPS) is 11.9. The molecule has 0 spiro atoms. The van der Waals surface area contributed by atoms with Crippen LogP contribution in [0.5, 0.6) is 0 Å². The van der Waals surface area contributed by atoms with Crippen LogP contribution in [0.3, 0.4) is 0 Å². The van der Waals surface area contributed by atoms with Crippen molar-refractivity contribution in [2.75, 3.05) is 13.2 Å². The first kappa shape index (κ1) is 13.5. The van der Waals surface area contributed by atoms with E-state index in [9.17, 15) is 19.7 Å². The van der Waals surface area contributed by atoms with Gasteiger partial charge in [-0.15, -0.1) is 0 Å². The van der Waals surface area contributed by atoms with Crippen molar-refractivity contribution in [1.29, 1.82) is 0 Å². The van der Waals surface area contributed by atoms with E-state index in [0.29, 0.717) is 6.42 Å². The number of nitrogens with zero attached hydrogens (tertiary/aromatic N) is 1. The number of ether oxygens (including phenoxy) is 1. The number of carbonyl (C=O) groups is 2. The summed E-state index contributed by atoms with van der Waals surface area (Å²) in [5.41, 5.74) is 0. The van der Waals surface area contributed by atoms with Gasteiger partial charge < -0.3 is 4.74 Å². The number of hydrogen-bond acceptors (Lipinski definition) is 5. The molecule has 0 rings (SSSR count). The monoisotopic (exact) mass is 217 g/mol. The van der Waals surface area contributed by atoms with E-state index in [0.717, 1.165) is 0 Å². The Morgan fingerprint density at radius 2 is 2.07 bits per heavy atom. The average molecular weight is 217 g/mol. The molecule has 0 aliphatic carbocycles. The van der Waals surface area contributed by atoms with Crippen LogP contribution < -0.4 is 0 Å². The largest absolute Gasteiger partial charge is 0.465 e. The highest BCUT2D eigenvalue weighted by atomic mass is 16.6. The van der Waals surface area contributed by atoms with Gasteiger partial charge in [-0.1, -0.05) is 6.92 Å². The van der Waals surface area contributed by atoms with Gasteiger partial charge in [-0.25, -0.2) is 0 Å². The maximum atomic E-state index is 11.3. The number of rotatable bonds is 7. The molecule has 0 saturated heterocycles. The fraction of sp³-hybridized carbons (Fsp3) is 0.778. The quantitative estimate of drug-likeness (QED) is 0.358. The number of esters is 1. The van der Waals surface area contributed by atoms with Crippen LogP contribution in [0.1, 0.15) is 26.7 Å². The lowest BCUT2D eigenvalue weighted by molar-refractivity contribution is -0.486. The summed E-state index contributed by atoms with van der Waals surface area (Å²) in [6.07, 6.45) is 0.514. The Morgan fingerprint density at radius 3 is 2.47 bits per heavy atom. The van der Waals surface area contributed by atoms with Gasteiger partial charge in [0.25, 0.3) is 0 Å². The van der Waals surface area contributed by atoms with Gasteiger partial charge in [0.15, 0.2) is 0 Å². The van der Waals surface area contributed by atoms with Crippen LogP contribution in [-0.2, 0) is 14.3 Å². The fourth-order valence-electron chi connectivity index (χ4n) is 1.07. The van der Waals surface area contributed by atoms with E-state index in [4.69, 9.17) is 4.74 Å². The summed E-state index contributed by atoms with van der Waals surface area (Å²) in [4.78, 5) is 31.7. The minimum atomic E-state index is -0.955. The molecule has 0 N–H and O–H groups in total. The van der Waals surface area contributed by atoms with Crippen molar-refractivity contribution < 1.29 is 19.2 Å². The Kier molecular flexibility index (Phi) is 6.24. The third-order valence-electron chi connectivity index (χ3n) is 1.69. The minimum absolute atomic E-state index is 0.135. The molecule has 0 radical (unpaired) electrons. The Balaban J connectivity index is 4.26. The van der Waals surface area contributed by atoms with Crippen molar-refractivity contribution in [1.82, 2.24) is 0 Å². The first-order valence-corrected chi connectivity index (χ1v) is 4.75. The molecule has 0 heterocycles. The van der Waals surface area contributed by atoms with Crippen molar-refractivity contribution >= 4 is 11.8 Å². The molecule has 0 aromatic carbocycles. The van der Waals surface area contributed by atoms with E-state index in [2.05, 4.69) is 0 Å². The molecule has 15 heavy (non-hydrogen) atoms. The molecule has 0 aliphatic heterocycles. The first-order valence-electron chi connectivity index (χ1n) is 4.75. The molecule has 1 atom stereocenters. The fourth-order valence-corrected chi connectivity index (χ4v) is 1.07. The molecule has 0 aromatic heterocycles. The third-order valence-corrected chi connectivity index (χ3v) is 1.69. The number of ketones is 1. The number of carbonyl (C=O) groups excluding carboxylic acids is 2. The van der Waals surface area contributed by atoms with Gasteiger partial charge in [-0.2, -0.15) is 0 Å². The first-order chi connectivity index (χ1) is 6.97. The van der Waals surface area contributed by atoms with Crippen molar-refractivity contribution in [2.45, 2.75) is 26.7 Å². The van der Waals surface area contributed by atoms with Crippen LogP contribution in [0.15, 0.2) is 0 Å². The van der Waals surface area contributed by atoms with Crippen LogP contribution in [0.2, 0.25) is 0 Å². The highest BCUT2D eigenvalue weighted by molar-refractivity contribution is 5.82. The molecule has 0 amide bonds. The maximum absolute atomic E-state index is 11.3. The lowest BCUT2D eigenvalue weighted by Crippen LogP contribution is -2.27. The van der Waals surface area contributed by atoms with Crippen molar-refractivity contribution in [3.05, 3.63) is 10.1 Å². The Hall–Kier alpha value is -1.46. The molecule has 1 unspecified atom stereocenters. The van der Waals surface area contributed by atoms with Gasteiger partial charge in [0, 0.05) is 11.3 Å². The zero-order chi connectivity index (χ0) is 11.8. The molecule has 0 aromatic rings. The SMILES string of the molecule is CCCOC(=O)C(CC(C)=O)C[N+](=O)[O-]. The topological polar surface area (TPSA) is 86.5 Å². The smallest absolute Gasteiger partial charge is 0.316 e. The summed E-state index contributed by atoms with van der Waals surface area (Å²) in [5.74, 6) is -1.87. The van der Waals surface area contributed by atoms with E-state index >= 15 is 0 Å². The summed E-state index contributed by atoms with van der Waals surface area (Å²) < 4.78 is 4.76. The second kappa shape index (κ2) is 6.92. The van der Waals surface area contributed by atoms with Gasteiger partial charge in [0.05, 0.1) is 6.61 Å². The van der Waals surface area contributed by atoms with Gasteiger partial charge in [-0.05, 0) is 13.3 Å². The molecular weight excluding hydrogens is 202 g/mol. The van der Waals surface area contributed by atoms with Crippen molar-refractivity contribution in [3.8, 4) is 0 Å². The second-order valence-corrected chi connectivity index (χ2v) is 3.29. The van der Waals surface area contributed by atoms with Crippen LogP contribution in [-0.4, -0.2) is 29.8 Å². The Labute approximate surface area is 87.7 Å². The lowest BCUT2D eigenvalue weighted by atomic mass is 10.0. The summed E-state index contributed by atoms with van der Waals surface area (Å²) >= 11 is 0. The maximum Gasteiger partial charge on any atom is 0.316 e. The van der Waals surface area contributed by atoms with Gasteiger partial charge in [0.1, 0.15) is 11.7 Å². The standard InChI is InChI=1S/C9H15NO5/c1-3-4-15-9(12)8(5-7(2)11)6-10(13)14/h8H,3-6H2,1-2H3. The van der Waals surface area contributed by atoms with Crippen LogP contribution in [0.4, 0.5) is 0 Å². The summed E-state index contributed by atoms with van der Waals surface area (Å²) in [6.45, 7) is 2.79. The van der Waals surface area contributed by atoms with E-state index in [-0.39, 0.29) is 18.8 Å². The predicted octanol–water partition coefficient (Wildman–Crippen LogP) is 0.812. The Morgan fingerprint density at radius 1 is 1.47 bits per heavy atom. The van der Waals surface area contributed by atoms with E-state index in [1.807, 2.05) is 6.92 Å². The molecule has 0 fully saturated rings. The highest BCUT2D eigenvalue weighted by Crippen LogP contribution is 2.07. The van der Waals surface area contributed by atoms with Crippen LogP contribution in [0.25, 0.3) is 0 Å². The number of Topliss-reactive ketones (excluding diaryl/α,β-unsaturated/α-hetero) is 1. The van der Waals surface area contributed by atoms with E-state index in [1.54, 1.807) is 0 Å². The third kappa shape index (κ3) is 6.59. The molecule has 86 valence electrons. The Bertz CT molecular complexity index is 235. The molecule has 0 saturated carbocycles. The van der Waals surface area contributed by atoms with Gasteiger partial charge in [0.2, 0.25) is 6.54 Å². The zero-order valence-electron chi connectivity index (χ0n) is 8.89. The molecule has 0 bridgehead atoms. The molecule has 6 heteroatoms. The van der Waals surface area contributed by atoms with Gasteiger partial charge in [-0.3, -0.25) is 19.7 Å². The zero-order valence-corrected chi connectivity index (χ0v) is 8.89. The van der Waals surface area contributed by atoms with Crippen molar-refractivity contribution in [3.63, 3.8) is 0 Å². The number of hydrogen-bond donors (Lipinski definition) is 0. The number of nitro groups is 1. The summed E-state index contributed by atoms with van der Waals surface area (Å²) in [6, 6.07) is 0. The predicted molar refractivity (Wildman–Crippen MR) is 51.9 cm³/mol. The summed E-state index contributed by atoms with van der Waals surface area (Å²) in [5, 5.41) is 10.3. The molecular formula is C9H15NO5. The van der Waals surface area contributed by atoms with Crippen LogP contribution in [0, 0.1) is 16.0 Å². The van der Waals surface area contributed by atoms with E-state index in [1.165, 1.54) is 6.92 Å². The minimum Gasteiger partial charge on any atom is -0.465 e. The average Bonchev–Trinajstić information content (AvgIpc) is 2.11. The molecule has 6 nitrogen and oxygen atoms in total. The van der Waals surface area contributed by atoms with Crippen molar-refractivity contribution in [2.24, 2.45) is 5.92 Å². The molecule has 0 aliphatic rings.